The van der Waals surface area contributed by atoms with E-state index in [4.69, 9.17) is 5.11 Å². The van der Waals surface area contributed by atoms with E-state index in [0.717, 1.165) is 30.6 Å². The molecule has 1 aliphatic rings. The van der Waals surface area contributed by atoms with E-state index in [9.17, 15) is 9.59 Å². The molecular weight excluding hydrogens is 280 g/mol. The third-order valence-electron chi connectivity index (χ3n) is 4.27. The van der Waals surface area contributed by atoms with Gasteiger partial charge in [-0.1, -0.05) is 24.6 Å². The van der Waals surface area contributed by atoms with E-state index in [0.29, 0.717) is 6.54 Å². The molecule has 2 rings (SSSR count). The predicted molar refractivity (Wildman–Crippen MR) is 86.0 cm³/mol. The van der Waals surface area contributed by atoms with Gasteiger partial charge in [0.1, 0.15) is 0 Å². The van der Waals surface area contributed by atoms with E-state index in [1.807, 2.05) is 48.0 Å². The number of amides is 1. The number of hydrogen-bond donors (Lipinski definition) is 1. The maximum atomic E-state index is 12.7. The van der Waals surface area contributed by atoms with Gasteiger partial charge in [0.15, 0.2) is 0 Å². The maximum absolute atomic E-state index is 12.7. The summed E-state index contributed by atoms with van der Waals surface area (Å²) in [4.78, 5) is 27.4. The zero-order chi connectivity index (χ0) is 16.3. The highest BCUT2D eigenvalue weighted by Gasteiger charge is 2.33. The standard InChI is InChI=1S/C17H24N2O3/c1-12-6-8-14(9-7-12)19-10-4-5-15(16(19)20)18(3)11-13(2)17(21)22/h6-9,13,15H,4-5,10-11H2,1-3H3,(H,21,22). The van der Waals surface area contributed by atoms with Crippen molar-refractivity contribution in [2.24, 2.45) is 5.92 Å². The molecular formula is C17H24N2O3. The lowest BCUT2D eigenvalue weighted by atomic mass is 10.0. The van der Waals surface area contributed by atoms with Gasteiger partial charge in [-0.15, -0.1) is 0 Å². The summed E-state index contributed by atoms with van der Waals surface area (Å²) in [5.41, 5.74) is 2.08. The first kappa shape index (κ1) is 16.5. The summed E-state index contributed by atoms with van der Waals surface area (Å²) in [6.45, 7) is 4.80. The number of benzene rings is 1. The van der Waals surface area contributed by atoms with Crippen LogP contribution in [0.15, 0.2) is 24.3 Å². The number of aryl methyl sites for hydroxylation is 1. The molecule has 0 aromatic heterocycles. The lowest BCUT2D eigenvalue weighted by Crippen LogP contribution is -2.52. The van der Waals surface area contributed by atoms with Gasteiger partial charge in [0.25, 0.3) is 0 Å². The van der Waals surface area contributed by atoms with Crippen LogP contribution in [0.1, 0.15) is 25.3 Å². The zero-order valence-electron chi connectivity index (χ0n) is 13.5. The minimum atomic E-state index is -0.828. The van der Waals surface area contributed by atoms with Gasteiger partial charge in [-0.2, -0.15) is 0 Å². The second kappa shape index (κ2) is 6.92. The van der Waals surface area contributed by atoms with Crippen LogP contribution in [0.5, 0.6) is 0 Å². The molecule has 0 bridgehead atoms. The zero-order valence-corrected chi connectivity index (χ0v) is 13.5. The van der Waals surface area contributed by atoms with Crippen LogP contribution in [0, 0.1) is 12.8 Å². The monoisotopic (exact) mass is 304 g/mol. The summed E-state index contributed by atoms with van der Waals surface area (Å²) in [6.07, 6.45) is 1.71. The molecule has 0 aliphatic carbocycles. The average molecular weight is 304 g/mol. The minimum absolute atomic E-state index is 0.0650. The second-order valence-electron chi connectivity index (χ2n) is 6.16. The number of piperidine rings is 1. The van der Waals surface area contributed by atoms with Crippen LogP contribution in [0.25, 0.3) is 0 Å². The Balaban J connectivity index is 2.09. The largest absolute Gasteiger partial charge is 0.481 e. The molecule has 1 aliphatic heterocycles. The predicted octanol–water partition coefficient (Wildman–Crippen LogP) is 2.14. The maximum Gasteiger partial charge on any atom is 0.307 e. The van der Waals surface area contributed by atoms with Gasteiger partial charge in [-0.05, 0) is 38.9 Å². The number of rotatable bonds is 5. The molecule has 0 saturated carbocycles. The molecule has 0 radical (unpaired) electrons. The van der Waals surface area contributed by atoms with Crippen LogP contribution in [0.4, 0.5) is 5.69 Å². The van der Waals surface area contributed by atoms with Crippen molar-refractivity contribution in [3.8, 4) is 0 Å². The van der Waals surface area contributed by atoms with Crippen LogP contribution < -0.4 is 4.90 Å². The average Bonchev–Trinajstić information content (AvgIpc) is 2.48. The number of aliphatic carboxylic acids is 1. The molecule has 1 fully saturated rings. The Labute approximate surface area is 131 Å². The van der Waals surface area contributed by atoms with Gasteiger partial charge < -0.3 is 10.0 Å². The van der Waals surface area contributed by atoms with Crippen LogP contribution in [-0.4, -0.2) is 48.1 Å². The van der Waals surface area contributed by atoms with Crippen LogP contribution in [0.2, 0.25) is 0 Å². The molecule has 1 heterocycles. The molecule has 1 N–H and O–H groups in total. The Hall–Kier alpha value is -1.88. The third-order valence-corrected chi connectivity index (χ3v) is 4.27. The molecule has 1 saturated heterocycles. The van der Waals surface area contributed by atoms with E-state index < -0.39 is 11.9 Å². The fraction of sp³-hybridized carbons (Fsp3) is 0.529. The van der Waals surface area contributed by atoms with Crippen LogP contribution in [-0.2, 0) is 9.59 Å². The highest BCUT2D eigenvalue weighted by Crippen LogP contribution is 2.24. The smallest absolute Gasteiger partial charge is 0.307 e. The number of anilines is 1. The Morgan fingerprint density at radius 1 is 1.41 bits per heavy atom. The number of carbonyl (C=O) groups excluding carboxylic acids is 1. The first-order valence-corrected chi connectivity index (χ1v) is 7.71. The molecule has 120 valence electrons. The van der Waals surface area contributed by atoms with Crippen molar-refractivity contribution in [3.05, 3.63) is 29.8 Å². The van der Waals surface area contributed by atoms with Crippen molar-refractivity contribution in [1.82, 2.24) is 4.90 Å². The van der Waals surface area contributed by atoms with Crippen molar-refractivity contribution in [3.63, 3.8) is 0 Å². The summed E-state index contributed by atoms with van der Waals surface area (Å²) in [6, 6.07) is 7.70. The van der Waals surface area contributed by atoms with Crippen molar-refractivity contribution in [2.75, 3.05) is 25.0 Å². The van der Waals surface area contributed by atoms with Crippen molar-refractivity contribution in [2.45, 2.75) is 32.7 Å². The van der Waals surface area contributed by atoms with E-state index >= 15 is 0 Å². The van der Waals surface area contributed by atoms with E-state index in [2.05, 4.69) is 0 Å². The molecule has 1 aromatic carbocycles. The molecule has 22 heavy (non-hydrogen) atoms. The summed E-state index contributed by atoms with van der Waals surface area (Å²) in [5.74, 6) is -1.24. The van der Waals surface area contributed by atoms with Gasteiger partial charge in [0, 0.05) is 18.8 Å². The topological polar surface area (TPSA) is 60.9 Å². The first-order chi connectivity index (χ1) is 10.4. The number of likely N-dealkylation sites (N-methyl/N-ethyl adjacent to an activating group) is 1. The minimum Gasteiger partial charge on any atom is -0.481 e. The summed E-state index contributed by atoms with van der Waals surface area (Å²) in [5, 5.41) is 9.03. The first-order valence-electron chi connectivity index (χ1n) is 7.71. The van der Waals surface area contributed by atoms with Gasteiger partial charge in [0.2, 0.25) is 5.91 Å². The van der Waals surface area contributed by atoms with Gasteiger partial charge in [-0.25, -0.2) is 0 Å². The third kappa shape index (κ3) is 3.65. The van der Waals surface area contributed by atoms with E-state index in [1.165, 1.54) is 0 Å². The summed E-state index contributed by atoms with van der Waals surface area (Å²) < 4.78 is 0. The molecule has 2 unspecified atom stereocenters. The van der Waals surface area contributed by atoms with E-state index in [1.54, 1.807) is 6.92 Å². The molecule has 5 nitrogen and oxygen atoms in total. The van der Waals surface area contributed by atoms with Gasteiger partial charge in [0.05, 0.1) is 12.0 Å². The van der Waals surface area contributed by atoms with Crippen molar-refractivity contribution < 1.29 is 14.7 Å². The lowest BCUT2D eigenvalue weighted by Gasteiger charge is -2.37. The summed E-state index contributed by atoms with van der Waals surface area (Å²) >= 11 is 0. The van der Waals surface area contributed by atoms with E-state index in [-0.39, 0.29) is 11.9 Å². The highest BCUT2D eigenvalue weighted by molar-refractivity contribution is 5.97. The number of hydrogen-bond acceptors (Lipinski definition) is 3. The number of nitrogens with zero attached hydrogens (tertiary/aromatic N) is 2. The number of carbonyl (C=O) groups is 2. The van der Waals surface area contributed by atoms with Crippen LogP contribution in [0.3, 0.4) is 0 Å². The Bertz CT molecular complexity index is 541. The molecule has 1 amide bonds. The molecule has 1 aromatic rings. The SMILES string of the molecule is Cc1ccc(N2CCCC(N(C)CC(C)C(=O)O)C2=O)cc1. The Morgan fingerprint density at radius 3 is 2.64 bits per heavy atom. The second-order valence-corrected chi connectivity index (χ2v) is 6.16. The lowest BCUT2D eigenvalue weighted by molar-refractivity contribution is -0.142. The molecule has 2 atom stereocenters. The van der Waals surface area contributed by atoms with Crippen molar-refractivity contribution in [1.29, 1.82) is 0 Å². The number of carboxylic acid groups (broad SMARTS) is 1. The normalized spacial score (nSPS) is 20.3. The number of carboxylic acids is 1. The quantitative estimate of drug-likeness (QED) is 0.905. The van der Waals surface area contributed by atoms with Crippen LogP contribution >= 0.6 is 0 Å². The van der Waals surface area contributed by atoms with Gasteiger partial charge >= 0.3 is 5.97 Å². The van der Waals surface area contributed by atoms with Crippen molar-refractivity contribution >= 4 is 17.6 Å². The molecule has 5 heteroatoms. The Kier molecular flexibility index (Phi) is 5.19. The summed E-state index contributed by atoms with van der Waals surface area (Å²) in [7, 11) is 1.83. The fourth-order valence-corrected chi connectivity index (χ4v) is 2.88. The Morgan fingerprint density at radius 2 is 2.05 bits per heavy atom. The fourth-order valence-electron chi connectivity index (χ4n) is 2.88. The highest BCUT2D eigenvalue weighted by atomic mass is 16.4. The van der Waals surface area contributed by atoms with Gasteiger partial charge in [-0.3, -0.25) is 14.5 Å². The molecule has 0 spiro atoms.